The van der Waals surface area contributed by atoms with Crippen LogP contribution in [0.5, 0.6) is 0 Å². The number of hydrogen-bond donors (Lipinski definition) is 1. The van der Waals surface area contributed by atoms with Crippen molar-refractivity contribution in [2.45, 2.75) is 47.6 Å². The van der Waals surface area contributed by atoms with Crippen LogP contribution in [0.15, 0.2) is 18.2 Å². The van der Waals surface area contributed by atoms with E-state index in [1.54, 1.807) is 0 Å². The van der Waals surface area contributed by atoms with Gasteiger partial charge in [0.15, 0.2) is 0 Å². The predicted molar refractivity (Wildman–Crippen MR) is 72.6 cm³/mol. The van der Waals surface area contributed by atoms with Gasteiger partial charge in [0, 0.05) is 17.3 Å². The van der Waals surface area contributed by atoms with Crippen LogP contribution in [0, 0.1) is 20.8 Å². The van der Waals surface area contributed by atoms with E-state index in [-0.39, 0.29) is 0 Å². The molecule has 0 unspecified atom stereocenters. The molecule has 0 heterocycles. The van der Waals surface area contributed by atoms with E-state index in [0.29, 0.717) is 6.04 Å². The first kappa shape index (κ1) is 12.8. The third kappa shape index (κ3) is 2.66. The molecule has 0 saturated heterocycles. The lowest BCUT2D eigenvalue weighted by atomic mass is 9.95. The summed E-state index contributed by atoms with van der Waals surface area (Å²) in [5, 5.41) is 3.52. The summed E-state index contributed by atoms with van der Waals surface area (Å²) in [5.74, 6) is 0. The Hall–Kier alpha value is -1.24. The fourth-order valence-electron chi connectivity index (χ4n) is 1.98. The molecule has 1 N–H and O–H groups in total. The van der Waals surface area contributed by atoms with Gasteiger partial charge in [-0.3, -0.25) is 0 Å². The average molecular weight is 217 g/mol. The van der Waals surface area contributed by atoms with Gasteiger partial charge in [0.1, 0.15) is 0 Å². The summed E-state index contributed by atoms with van der Waals surface area (Å²) >= 11 is 0. The molecule has 0 bridgehead atoms. The van der Waals surface area contributed by atoms with Crippen LogP contribution in [0.4, 0.5) is 0 Å². The highest BCUT2D eigenvalue weighted by Crippen LogP contribution is 2.24. The zero-order chi connectivity index (χ0) is 12.3. The van der Waals surface area contributed by atoms with E-state index in [1.807, 2.05) is 0 Å². The lowest BCUT2D eigenvalue weighted by Gasteiger charge is -2.19. The minimum atomic E-state index is 0.463. The van der Waals surface area contributed by atoms with Gasteiger partial charge in [-0.25, -0.2) is 0 Å². The Kier molecular flexibility index (Phi) is 4.17. The molecular weight excluding hydrogens is 194 g/mol. The molecule has 1 nitrogen and oxygen atoms in total. The highest BCUT2D eigenvalue weighted by atomic mass is 14.9. The van der Waals surface area contributed by atoms with Crippen LogP contribution in [0.3, 0.4) is 0 Å². The molecule has 0 aliphatic rings. The quantitative estimate of drug-likeness (QED) is 0.807. The molecule has 0 radical (unpaired) electrons. The van der Waals surface area contributed by atoms with Gasteiger partial charge in [0.05, 0.1) is 0 Å². The topological polar surface area (TPSA) is 12.0 Å². The van der Waals surface area contributed by atoms with Crippen LogP contribution in [0.2, 0.25) is 0 Å². The summed E-state index contributed by atoms with van der Waals surface area (Å²) in [6.45, 7) is 13.0. The molecule has 0 amide bonds. The van der Waals surface area contributed by atoms with Crippen LogP contribution in [0.25, 0.3) is 5.70 Å². The van der Waals surface area contributed by atoms with Crippen molar-refractivity contribution in [2.75, 3.05) is 0 Å². The Morgan fingerprint density at radius 1 is 1.12 bits per heavy atom. The zero-order valence-electron chi connectivity index (χ0n) is 11.3. The van der Waals surface area contributed by atoms with Gasteiger partial charge in [0.2, 0.25) is 0 Å². The summed E-state index contributed by atoms with van der Waals surface area (Å²) in [5.41, 5.74) is 6.67. The van der Waals surface area contributed by atoms with Crippen LogP contribution in [-0.4, -0.2) is 6.04 Å². The van der Waals surface area contributed by atoms with Crippen molar-refractivity contribution in [3.63, 3.8) is 0 Å². The molecule has 1 heteroatoms. The summed E-state index contributed by atoms with van der Waals surface area (Å²) in [7, 11) is 0. The van der Waals surface area contributed by atoms with E-state index >= 15 is 0 Å². The highest BCUT2D eigenvalue weighted by molar-refractivity contribution is 5.70. The molecule has 88 valence electrons. The van der Waals surface area contributed by atoms with Gasteiger partial charge in [-0.05, 0) is 58.2 Å². The van der Waals surface area contributed by atoms with E-state index in [9.17, 15) is 0 Å². The monoisotopic (exact) mass is 217 g/mol. The second-order valence-electron chi connectivity index (χ2n) is 4.70. The number of hydrogen-bond acceptors (Lipinski definition) is 1. The largest absolute Gasteiger partial charge is 0.383 e. The number of rotatable bonds is 3. The molecule has 1 aromatic carbocycles. The number of nitrogens with one attached hydrogen (secondary N) is 1. The van der Waals surface area contributed by atoms with Crippen molar-refractivity contribution in [1.29, 1.82) is 0 Å². The van der Waals surface area contributed by atoms with Crippen molar-refractivity contribution in [3.05, 3.63) is 40.5 Å². The summed E-state index contributed by atoms with van der Waals surface area (Å²) in [6.07, 6.45) is 2.16. The number of allylic oxidation sites excluding steroid dienone is 1. The van der Waals surface area contributed by atoms with E-state index in [4.69, 9.17) is 0 Å². The number of benzene rings is 1. The third-order valence-corrected chi connectivity index (χ3v) is 2.95. The van der Waals surface area contributed by atoms with Crippen molar-refractivity contribution in [2.24, 2.45) is 0 Å². The Balaban J connectivity index is 3.25. The first-order valence-corrected chi connectivity index (χ1v) is 5.97. The van der Waals surface area contributed by atoms with Crippen LogP contribution >= 0.6 is 0 Å². The summed E-state index contributed by atoms with van der Waals surface area (Å²) < 4.78 is 0. The minimum absolute atomic E-state index is 0.463. The maximum Gasteiger partial charge on any atom is 0.0377 e. The van der Waals surface area contributed by atoms with Crippen molar-refractivity contribution in [1.82, 2.24) is 5.32 Å². The first-order valence-electron chi connectivity index (χ1n) is 5.97. The van der Waals surface area contributed by atoms with Crippen molar-refractivity contribution < 1.29 is 0 Å². The Labute approximate surface area is 99.6 Å². The molecular formula is C15H23N. The fraction of sp³-hybridized carbons (Fsp3) is 0.467. The zero-order valence-corrected chi connectivity index (χ0v) is 11.3. The average Bonchev–Trinajstić information content (AvgIpc) is 2.22. The van der Waals surface area contributed by atoms with Gasteiger partial charge in [0.25, 0.3) is 0 Å². The second kappa shape index (κ2) is 5.20. The van der Waals surface area contributed by atoms with Crippen LogP contribution < -0.4 is 5.32 Å². The maximum absolute atomic E-state index is 3.52. The molecule has 0 spiro atoms. The third-order valence-electron chi connectivity index (χ3n) is 2.95. The molecule has 0 saturated carbocycles. The Bertz CT molecular complexity index is 400. The molecule has 16 heavy (non-hydrogen) atoms. The maximum atomic E-state index is 3.52. The summed E-state index contributed by atoms with van der Waals surface area (Å²) in [6, 6.07) is 4.85. The molecule has 0 fully saturated rings. The predicted octanol–water partition coefficient (Wildman–Crippen LogP) is 3.97. The van der Waals surface area contributed by atoms with Gasteiger partial charge >= 0.3 is 0 Å². The van der Waals surface area contributed by atoms with Gasteiger partial charge in [-0.1, -0.05) is 18.2 Å². The normalized spacial score (nSPS) is 12.1. The van der Waals surface area contributed by atoms with Crippen LogP contribution in [-0.2, 0) is 0 Å². The standard InChI is InChI=1S/C15H23N/c1-7-14(16-10(2)3)15-12(5)9-8-11(4)13(15)6/h7-10,16H,1-6H3/b14-7+. The molecule has 1 aromatic rings. The van der Waals surface area contributed by atoms with E-state index in [0.717, 1.165) is 0 Å². The number of aryl methyl sites for hydroxylation is 2. The van der Waals surface area contributed by atoms with Gasteiger partial charge < -0.3 is 5.32 Å². The van der Waals surface area contributed by atoms with Crippen molar-refractivity contribution >= 4 is 5.70 Å². The van der Waals surface area contributed by atoms with Crippen LogP contribution in [0.1, 0.15) is 43.0 Å². The van der Waals surface area contributed by atoms with Crippen molar-refractivity contribution in [3.8, 4) is 0 Å². The smallest absolute Gasteiger partial charge is 0.0377 e. The SMILES string of the molecule is C/C=C(/NC(C)C)c1c(C)ccc(C)c1C. The molecule has 0 atom stereocenters. The lowest BCUT2D eigenvalue weighted by Crippen LogP contribution is -2.22. The molecule has 0 aromatic heterocycles. The fourth-order valence-corrected chi connectivity index (χ4v) is 1.98. The summed E-state index contributed by atoms with van der Waals surface area (Å²) in [4.78, 5) is 0. The highest BCUT2D eigenvalue weighted by Gasteiger charge is 2.10. The molecule has 0 aliphatic carbocycles. The Morgan fingerprint density at radius 3 is 2.19 bits per heavy atom. The van der Waals surface area contributed by atoms with Gasteiger partial charge in [-0.15, -0.1) is 0 Å². The molecule has 0 aliphatic heterocycles. The van der Waals surface area contributed by atoms with E-state index in [2.05, 4.69) is 65.1 Å². The molecule has 1 rings (SSSR count). The first-order chi connectivity index (χ1) is 7.47. The van der Waals surface area contributed by atoms with E-state index < -0.39 is 0 Å². The lowest BCUT2D eigenvalue weighted by molar-refractivity contribution is 0.715. The van der Waals surface area contributed by atoms with E-state index in [1.165, 1.54) is 28.0 Å². The minimum Gasteiger partial charge on any atom is -0.383 e. The van der Waals surface area contributed by atoms with Gasteiger partial charge in [-0.2, -0.15) is 0 Å². The Morgan fingerprint density at radius 2 is 1.69 bits per heavy atom. The second-order valence-corrected chi connectivity index (χ2v) is 4.70.